The summed E-state index contributed by atoms with van der Waals surface area (Å²) in [4.78, 5) is 30.1. The molecule has 0 radical (unpaired) electrons. The van der Waals surface area contributed by atoms with E-state index >= 15 is 0 Å². The van der Waals surface area contributed by atoms with E-state index in [-0.39, 0.29) is 0 Å². The third kappa shape index (κ3) is 3.45. The predicted molar refractivity (Wildman–Crippen MR) is 72.5 cm³/mol. The molecule has 6 heteroatoms. The van der Waals surface area contributed by atoms with Gasteiger partial charge < -0.3 is 9.80 Å². The van der Waals surface area contributed by atoms with Crippen molar-refractivity contribution < 1.29 is 9.59 Å². The summed E-state index contributed by atoms with van der Waals surface area (Å²) in [5, 5.41) is 0. The summed E-state index contributed by atoms with van der Waals surface area (Å²) in [7, 11) is 0. The van der Waals surface area contributed by atoms with E-state index in [9.17, 15) is 9.59 Å². The molecule has 19 heavy (non-hydrogen) atoms. The van der Waals surface area contributed by atoms with Crippen molar-refractivity contribution in [3.05, 3.63) is 0 Å². The van der Waals surface area contributed by atoms with E-state index in [1.807, 2.05) is 9.80 Å². The summed E-state index contributed by atoms with van der Waals surface area (Å²) in [6, 6.07) is 0. The van der Waals surface area contributed by atoms with E-state index in [1.54, 1.807) is 0 Å². The number of carbonyl (C=O) groups is 2. The quantitative estimate of drug-likeness (QED) is 0.617. The Hall–Kier alpha value is -1.14. The first-order valence-electron chi connectivity index (χ1n) is 7.15. The topological polar surface area (TPSA) is 47.1 Å². The maximum absolute atomic E-state index is 10.7. The van der Waals surface area contributed by atoms with Gasteiger partial charge in [-0.1, -0.05) is 6.92 Å². The molecule has 0 atom stereocenters. The minimum absolute atomic E-state index is 0.447. The molecule has 0 aromatic rings. The molecule has 6 nitrogen and oxygen atoms in total. The monoisotopic (exact) mass is 268 g/mol. The Morgan fingerprint density at radius 3 is 1.42 bits per heavy atom. The van der Waals surface area contributed by atoms with E-state index in [1.165, 1.54) is 0 Å². The van der Waals surface area contributed by atoms with Crippen molar-refractivity contribution in [3.63, 3.8) is 0 Å². The van der Waals surface area contributed by atoms with Gasteiger partial charge in [-0.3, -0.25) is 19.4 Å². The van der Waals surface area contributed by atoms with Gasteiger partial charge >= 0.3 is 0 Å². The van der Waals surface area contributed by atoms with Crippen molar-refractivity contribution in [2.75, 3.05) is 52.4 Å². The van der Waals surface area contributed by atoms with Crippen LogP contribution in [0.15, 0.2) is 0 Å². The maximum Gasteiger partial charge on any atom is 0.209 e. The van der Waals surface area contributed by atoms with Crippen LogP contribution in [0.3, 0.4) is 0 Å². The van der Waals surface area contributed by atoms with Crippen LogP contribution < -0.4 is 0 Å². The van der Waals surface area contributed by atoms with Crippen LogP contribution in [0.2, 0.25) is 0 Å². The van der Waals surface area contributed by atoms with Crippen LogP contribution in [-0.4, -0.2) is 90.9 Å². The van der Waals surface area contributed by atoms with E-state index in [0.717, 1.165) is 71.6 Å². The lowest BCUT2D eigenvalue weighted by Crippen LogP contribution is -2.59. The minimum atomic E-state index is 0.447. The van der Waals surface area contributed by atoms with Gasteiger partial charge in [0.25, 0.3) is 0 Å². The molecule has 2 amide bonds. The van der Waals surface area contributed by atoms with E-state index in [4.69, 9.17) is 0 Å². The summed E-state index contributed by atoms with van der Waals surface area (Å²) in [5.41, 5.74) is 0. The predicted octanol–water partition coefficient (Wildman–Crippen LogP) is -0.729. The highest BCUT2D eigenvalue weighted by Gasteiger charge is 2.28. The second-order valence-electron chi connectivity index (χ2n) is 5.24. The van der Waals surface area contributed by atoms with Crippen LogP contribution in [0.1, 0.15) is 13.3 Å². The van der Waals surface area contributed by atoms with Crippen molar-refractivity contribution in [3.8, 4) is 0 Å². The lowest BCUT2D eigenvalue weighted by atomic mass is 10.2. The highest BCUT2D eigenvalue weighted by Crippen LogP contribution is 2.15. The summed E-state index contributed by atoms with van der Waals surface area (Å²) in [5.74, 6) is 0. The number of hydrogen-bond acceptors (Lipinski definition) is 4. The maximum atomic E-state index is 10.7. The Balaban J connectivity index is 1.86. The molecule has 2 aliphatic rings. The number of piperazine rings is 2. The molecule has 0 bridgehead atoms. The third-order valence-electron chi connectivity index (χ3n) is 4.20. The molecule has 0 aromatic heterocycles. The molecule has 0 aliphatic carbocycles. The van der Waals surface area contributed by atoms with Crippen LogP contribution in [0.5, 0.6) is 0 Å². The van der Waals surface area contributed by atoms with Crippen LogP contribution >= 0.6 is 0 Å². The number of nitrogens with zero attached hydrogens (tertiary/aromatic N) is 4. The van der Waals surface area contributed by atoms with Crippen molar-refractivity contribution in [2.24, 2.45) is 0 Å². The summed E-state index contributed by atoms with van der Waals surface area (Å²) in [6.07, 6.45) is 3.42. The van der Waals surface area contributed by atoms with Gasteiger partial charge in [0.1, 0.15) is 0 Å². The standard InChI is InChI=1S/C13H24N4O2/c1-2-13(16-7-3-14(11-18)4-8-16)17-9-5-15(12-19)6-10-17/h11-13H,2-10H2,1H3. The summed E-state index contributed by atoms with van der Waals surface area (Å²) in [6.45, 7) is 9.32. The molecular formula is C13H24N4O2. The number of hydrogen-bond donors (Lipinski definition) is 0. The van der Waals surface area contributed by atoms with Gasteiger partial charge in [0.15, 0.2) is 0 Å². The zero-order valence-electron chi connectivity index (χ0n) is 11.7. The zero-order chi connectivity index (χ0) is 13.7. The van der Waals surface area contributed by atoms with Crippen LogP contribution in [0.25, 0.3) is 0 Å². The molecule has 2 aliphatic heterocycles. The highest BCUT2D eigenvalue weighted by atomic mass is 16.1. The Labute approximate surface area is 114 Å². The van der Waals surface area contributed by atoms with E-state index in [0.29, 0.717) is 6.17 Å². The average Bonchev–Trinajstić information content (AvgIpc) is 2.49. The first kappa shape index (κ1) is 14.3. The van der Waals surface area contributed by atoms with Crippen LogP contribution in [0.4, 0.5) is 0 Å². The first-order valence-corrected chi connectivity index (χ1v) is 7.15. The Morgan fingerprint density at radius 2 is 1.16 bits per heavy atom. The number of rotatable bonds is 5. The summed E-state index contributed by atoms with van der Waals surface area (Å²) < 4.78 is 0. The van der Waals surface area contributed by atoms with Crippen molar-refractivity contribution >= 4 is 12.8 Å². The average molecular weight is 268 g/mol. The largest absolute Gasteiger partial charge is 0.343 e. The zero-order valence-corrected chi connectivity index (χ0v) is 11.7. The first-order chi connectivity index (χ1) is 9.28. The van der Waals surface area contributed by atoms with Gasteiger partial charge in [0.2, 0.25) is 12.8 Å². The fourth-order valence-electron chi connectivity index (χ4n) is 3.03. The molecule has 0 saturated carbocycles. The second-order valence-corrected chi connectivity index (χ2v) is 5.24. The van der Waals surface area contributed by atoms with Crippen LogP contribution in [-0.2, 0) is 9.59 Å². The Kier molecular flexibility index (Phi) is 5.15. The molecule has 2 saturated heterocycles. The lowest BCUT2D eigenvalue weighted by Gasteiger charge is -2.45. The van der Waals surface area contributed by atoms with Gasteiger partial charge in [-0.2, -0.15) is 0 Å². The van der Waals surface area contributed by atoms with E-state index < -0.39 is 0 Å². The van der Waals surface area contributed by atoms with Gasteiger partial charge in [-0.15, -0.1) is 0 Å². The Bertz CT molecular complexity index is 269. The second kappa shape index (κ2) is 6.86. The smallest absolute Gasteiger partial charge is 0.209 e. The highest BCUT2D eigenvalue weighted by molar-refractivity contribution is 5.47. The van der Waals surface area contributed by atoms with Crippen molar-refractivity contribution in [1.29, 1.82) is 0 Å². The van der Waals surface area contributed by atoms with Gasteiger partial charge in [0.05, 0.1) is 6.17 Å². The minimum Gasteiger partial charge on any atom is -0.343 e. The van der Waals surface area contributed by atoms with E-state index in [2.05, 4.69) is 16.7 Å². The number of amides is 2. The Morgan fingerprint density at radius 1 is 0.789 bits per heavy atom. The molecular weight excluding hydrogens is 244 g/mol. The lowest BCUT2D eigenvalue weighted by molar-refractivity contribution is -0.122. The molecule has 0 N–H and O–H groups in total. The summed E-state index contributed by atoms with van der Waals surface area (Å²) >= 11 is 0. The molecule has 2 fully saturated rings. The molecule has 2 heterocycles. The molecule has 108 valence electrons. The fourth-order valence-corrected chi connectivity index (χ4v) is 3.03. The molecule has 0 aromatic carbocycles. The fraction of sp³-hybridized carbons (Fsp3) is 0.846. The number of carbonyl (C=O) groups excluding carboxylic acids is 2. The SMILES string of the molecule is CCC(N1CCN(C=O)CC1)N1CCN(C=O)CC1. The molecule has 0 unspecified atom stereocenters. The normalized spacial score (nSPS) is 22.8. The van der Waals surface area contributed by atoms with Crippen LogP contribution in [0, 0.1) is 0 Å². The van der Waals surface area contributed by atoms with Gasteiger partial charge in [0, 0.05) is 52.4 Å². The molecule has 0 spiro atoms. The molecule has 2 rings (SSSR count). The van der Waals surface area contributed by atoms with Gasteiger partial charge in [-0.05, 0) is 6.42 Å². The third-order valence-corrected chi connectivity index (χ3v) is 4.20. The van der Waals surface area contributed by atoms with Crippen molar-refractivity contribution in [1.82, 2.24) is 19.6 Å². The van der Waals surface area contributed by atoms with Gasteiger partial charge in [-0.25, -0.2) is 0 Å². The van der Waals surface area contributed by atoms with Crippen molar-refractivity contribution in [2.45, 2.75) is 19.5 Å².